The van der Waals surface area contributed by atoms with Crippen LogP contribution in [0.25, 0.3) is 32.9 Å². The van der Waals surface area contributed by atoms with Gasteiger partial charge in [0.25, 0.3) is 5.91 Å². The first-order chi connectivity index (χ1) is 17.4. The Morgan fingerprint density at radius 3 is 2.75 bits per heavy atom. The molecular weight excluding hydrogens is 452 g/mol. The molecule has 1 aliphatic heterocycles. The van der Waals surface area contributed by atoms with E-state index < -0.39 is 0 Å². The van der Waals surface area contributed by atoms with E-state index in [1.165, 1.54) is 23.6 Å². The van der Waals surface area contributed by atoms with Gasteiger partial charge in [0, 0.05) is 48.3 Å². The van der Waals surface area contributed by atoms with E-state index in [1.807, 2.05) is 19.9 Å². The lowest BCUT2D eigenvalue weighted by molar-refractivity contribution is -0.141. The topological polar surface area (TPSA) is 69.6 Å². The van der Waals surface area contributed by atoms with Crippen molar-refractivity contribution in [3.05, 3.63) is 70.3 Å². The van der Waals surface area contributed by atoms with Crippen LogP contribution in [0.5, 0.6) is 0 Å². The monoisotopic (exact) mass is 482 g/mol. The molecule has 0 saturated heterocycles. The molecule has 1 aliphatic carbocycles. The van der Waals surface area contributed by atoms with Crippen molar-refractivity contribution in [2.24, 2.45) is 0 Å². The van der Waals surface area contributed by atoms with Gasteiger partial charge in [0.2, 0.25) is 0 Å². The van der Waals surface area contributed by atoms with Crippen molar-refractivity contribution in [2.75, 3.05) is 6.61 Å². The van der Waals surface area contributed by atoms with E-state index in [0.29, 0.717) is 26.2 Å². The summed E-state index contributed by atoms with van der Waals surface area (Å²) in [4.78, 5) is 24.5. The molecule has 6 rings (SSSR count). The fraction of sp³-hybridized carbons (Fsp3) is 0.333. The second-order valence-electron chi connectivity index (χ2n) is 10.0. The van der Waals surface area contributed by atoms with Crippen LogP contribution in [0, 0.1) is 0 Å². The lowest BCUT2D eigenvalue weighted by Crippen LogP contribution is -2.13. The van der Waals surface area contributed by atoms with Crippen molar-refractivity contribution in [1.29, 1.82) is 0 Å². The van der Waals surface area contributed by atoms with Crippen molar-refractivity contribution in [2.45, 2.75) is 59.4 Å². The highest BCUT2D eigenvalue weighted by molar-refractivity contribution is 6.20. The number of nitrogens with zero attached hydrogens (tertiary/aromatic N) is 1. The molecule has 1 amide bonds. The highest BCUT2D eigenvalue weighted by Crippen LogP contribution is 2.48. The molecule has 3 aromatic carbocycles. The number of hydrogen-bond acceptors (Lipinski definition) is 4. The molecule has 0 atom stereocenters. The van der Waals surface area contributed by atoms with Gasteiger partial charge in [0.05, 0.1) is 30.4 Å². The number of carbonyl (C=O) groups excluding carboxylic acids is 2. The maximum absolute atomic E-state index is 13.2. The first kappa shape index (κ1) is 22.8. The molecule has 4 aromatic rings. The van der Waals surface area contributed by atoms with Gasteiger partial charge in [-0.2, -0.15) is 0 Å². The van der Waals surface area contributed by atoms with Crippen molar-refractivity contribution >= 4 is 33.7 Å². The van der Waals surface area contributed by atoms with E-state index in [-0.39, 0.29) is 18.0 Å². The van der Waals surface area contributed by atoms with Crippen LogP contribution in [-0.2, 0) is 40.4 Å². The summed E-state index contributed by atoms with van der Waals surface area (Å²) < 4.78 is 13.5. The van der Waals surface area contributed by atoms with E-state index in [1.54, 1.807) is 0 Å². The number of nitrogens with one attached hydrogen (secondary N) is 1. The average molecular weight is 483 g/mol. The summed E-state index contributed by atoms with van der Waals surface area (Å²) >= 11 is 0. The minimum absolute atomic E-state index is 0.00917. The summed E-state index contributed by atoms with van der Waals surface area (Å²) in [6.45, 7) is 7.69. The van der Waals surface area contributed by atoms with Crippen LogP contribution in [0.1, 0.15) is 59.8 Å². The van der Waals surface area contributed by atoms with Gasteiger partial charge in [0.1, 0.15) is 0 Å². The standard InChI is InChI=1S/C30H30N2O4/c1-17(2)36-16-19-9-10-25-22(13-19)27-24-15-31-30(34)28(24)26-21-8-5-4-7-20(21)14-23(26)29(27)32(25)11-6-12-35-18(3)33/h4-5,7-10,13,17H,6,11-12,14-16H2,1-3H3,(H,31,34). The largest absolute Gasteiger partial charge is 0.466 e. The fourth-order valence-electron chi connectivity index (χ4n) is 5.85. The zero-order valence-electron chi connectivity index (χ0n) is 20.9. The summed E-state index contributed by atoms with van der Waals surface area (Å²) in [5.74, 6) is -0.249. The Morgan fingerprint density at radius 1 is 1.11 bits per heavy atom. The summed E-state index contributed by atoms with van der Waals surface area (Å²) in [7, 11) is 0. The second-order valence-corrected chi connectivity index (χ2v) is 10.0. The van der Waals surface area contributed by atoms with Gasteiger partial charge in [-0.25, -0.2) is 0 Å². The Kier molecular flexibility index (Phi) is 5.56. The fourth-order valence-corrected chi connectivity index (χ4v) is 5.85. The van der Waals surface area contributed by atoms with Crippen LogP contribution in [0.15, 0.2) is 42.5 Å². The molecule has 184 valence electrons. The quantitative estimate of drug-likeness (QED) is 0.246. The number of rotatable bonds is 7. The average Bonchev–Trinajstić information content (AvgIpc) is 3.51. The summed E-state index contributed by atoms with van der Waals surface area (Å²) in [5, 5.41) is 5.40. The lowest BCUT2D eigenvalue weighted by atomic mass is 9.92. The molecule has 0 saturated carbocycles. The molecule has 0 fully saturated rings. The molecule has 0 bridgehead atoms. The van der Waals surface area contributed by atoms with Gasteiger partial charge in [-0.15, -0.1) is 0 Å². The molecule has 2 aliphatic rings. The van der Waals surface area contributed by atoms with Gasteiger partial charge in [0.15, 0.2) is 0 Å². The second kappa shape index (κ2) is 8.79. The molecule has 6 heteroatoms. The maximum Gasteiger partial charge on any atom is 0.302 e. The number of aryl methyl sites for hydroxylation is 1. The normalized spacial score (nSPS) is 13.8. The minimum Gasteiger partial charge on any atom is -0.466 e. The third-order valence-electron chi connectivity index (χ3n) is 7.29. The van der Waals surface area contributed by atoms with Crippen LogP contribution < -0.4 is 5.32 Å². The predicted octanol–water partition coefficient (Wildman–Crippen LogP) is 5.49. The number of fused-ring (bicyclic) bond motifs is 10. The lowest BCUT2D eigenvalue weighted by Gasteiger charge is -2.13. The van der Waals surface area contributed by atoms with Gasteiger partial charge in [-0.1, -0.05) is 30.3 Å². The zero-order chi connectivity index (χ0) is 25.0. The van der Waals surface area contributed by atoms with Gasteiger partial charge in [-0.3, -0.25) is 9.59 Å². The summed E-state index contributed by atoms with van der Waals surface area (Å²) in [5.41, 5.74) is 10.0. The number of aromatic nitrogens is 1. The van der Waals surface area contributed by atoms with Crippen molar-refractivity contribution in [3.8, 4) is 11.1 Å². The molecule has 2 heterocycles. The number of esters is 1. The Morgan fingerprint density at radius 2 is 1.94 bits per heavy atom. The van der Waals surface area contributed by atoms with Crippen LogP contribution in [0.3, 0.4) is 0 Å². The van der Waals surface area contributed by atoms with E-state index in [4.69, 9.17) is 9.47 Å². The molecule has 6 nitrogen and oxygen atoms in total. The molecule has 0 unspecified atom stereocenters. The number of amides is 1. The predicted molar refractivity (Wildman–Crippen MR) is 140 cm³/mol. The molecule has 0 radical (unpaired) electrons. The van der Waals surface area contributed by atoms with Crippen molar-refractivity contribution in [3.63, 3.8) is 0 Å². The van der Waals surface area contributed by atoms with E-state index in [2.05, 4.69) is 46.3 Å². The summed E-state index contributed by atoms with van der Waals surface area (Å²) in [6, 6.07) is 14.9. The third-order valence-corrected chi connectivity index (χ3v) is 7.29. The van der Waals surface area contributed by atoms with Crippen LogP contribution in [-0.4, -0.2) is 29.2 Å². The molecular formula is C30H30N2O4. The highest BCUT2D eigenvalue weighted by atomic mass is 16.5. The Hall–Kier alpha value is -3.64. The third kappa shape index (κ3) is 3.59. The van der Waals surface area contributed by atoms with Gasteiger partial charge in [-0.05, 0) is 60.2 Å². The number of carbonyl (C=O) groups is 2. The number of benzene rings is 3. The Bertz CT molecular complexity index is 1550. The minimum atomic E-state index is -0.259. The number of hydrogen-bond donors (Lipinski definition) is 1. The van der Waals surface area contributed by atoms with Crippen molar-refractivity contribution < 1.29 is 19.1 Å². The van der Waals surface area contributed by atoms with Gasteiger partial charge < -0.3 is 19.4 Å². The Labute approximate surface area is 210 Å². The number of ether oxygens (including phenoxy) is 2. The van der Waals surface area contributed by atoms with Crippen LogP contribution >= 0.6 is 0 Å². The summed E-state index contributed by atoms with van der Waals surface area (Å²) in [6.07, 6.45) is 1.66. The molecule has 0 spiro atoms. The van der Waals surface area contributed by atoms with E-state index in [9.17, 15) is 9.59 Å². The molecule has 1 aromatic heterocycles. The van der Waals surface area contributed by atoms with Crippen LogP contribution in [0.2, 0.25) is 0 Å². The maximum atomic E-state index is 13.2. The van der Waals surface area contributed by atoms with Crippen molar-refractivity contribution in [1.82, 2.24) is 9.88 Å². The first-order valence-electron chi connectivity index (χ1n) is 12.7. The van der Waals surface area contributed by atoms with Crippen LogP contribution in [0.4, 0.5) is 0 Å². The van der Waals surface area contributed by atoms with E-state index in [0.717, 1.165) is 57.1 Å². The first-order valence-corrected chi connectivity index (χ1v) is 12.7. The van der Waals surface area contributed by atoms with Gasteiger partial charge >= 0.3 is 5.97 Å². The SMILES string of the molecule is CC(=O)OCCCn1c2ccc(COC(C)C)cc2c2c3c(c4c(c21)Cc1ccccc1-4)C(=O)NC3. The Balaban J connectivity index is 1.61. The smallest absolute Gasteiger partial charge is 0.302 e. The molecule has 36 heavy (non-hydrogen) atoms. The molecule has 1 N–H and O–H groups in total. The van der Waals surface area contributed by atoms with E-state index >= 15 is 0 Å². The highest BCUT2D eigenvalue weighted by Gasteiger charge is 2.35. The zero-order valence-corrected chi connectivity index (χ0v) is 20.9.